The van der Waals surface area contributed by atoms with Crippen LogP contribution >= 0.6 is 0 Å². The zero-order chi connectivity index (χ0) is 13.8. The van der Waals surface area contributed by atoms with E-state index in [1.165, 1.54) is 0 Å². The number of hydrogen-bond acceptors (Lipinski definition) is 2. The van der Waals surface area contributed by atoms with E-state index in [9.17, 15) is 22.4 Å². The fraction of sp³-hybridized carbons (Fsp3) is 0.300. The van der Waals surface area contributed by atoms with Crippen molar-refractivity contribution in [1.82, 2.24) is 5.32 Å². The third kappa shape index (κ3) is 4.48. The van der Waals surface area contributed by atoms with Gasteiger partial charge in [0.15, 0.2) is 11.6 Å². The van der Waals surface area contributed by atoms with Crippen LogP contribution < -0.4 is 15.4 Å². The molecule has 0 saturated heterocycles. The summed E-state index contributed by atoms with van der Waals surface area (Å²) in [7, 11) is 0. The monoisotopic (exact) mass is 266 g/mol. The van der Waals surface area contributed by atoms with Gasteiger partial charge in [0.05, 0.1) is 0 Å². The topological polar surface area (TPSA) is 50.4 Å². The normalized spacial score (nSPS) is 10.9. The standard InChI is InChI=1S/C10H10F4N2O2/c1-2-15-9(17)16-6-3-4-8(7(11)5-6)18-10(12,13)14/h3-5H,2H2,1H3,(H2,15,16,17). The van der Waals surface area contributed by atoms with Gasteiger partial charge in [-0.1, -0.05) is 0 Å². The minimum absolute atomic E-state index is 0.0213. The number of ether oxygens (including phenoxy) is 1. The predicted octanol–water partition coefficient (Wildman–Crippen LogP) is 2.87. The molecular formula is C10H10F4N2O2. The summed E-state index contributed by atoms with van der Waals surface area (Å²) in [5, 5.41) is 4.63. The number of carbonyl (C=O) groups excluding carboxylic acids is 1. The fourth-order valence-corrected chi connectivity index (χ4v) is 1.12. The Morgan fingerprint density at radius 3 is 2.56 bits per heavy atom. The van der Waals surface area contributed by atoms with Crippen LogP contribution in [0, 0.1) is 5.82 Å². The molecule has 0 aliphatic rings. The number of benzene rings is 1. The Hall–Kier alpha value is -1.99. The number of rotatable bonds is 3. The number of alkyl halides is 3. The average molecular weight is 266 g/mol. The van der Waals surface area contributed by atoms with Crippen LogP contribution in [0.1, 0.15) is 6.92 Å². The van der Waals surface area contributed by atoms with E-state index in [0.717, 1.165) is 18.2 Å². The highest BCUT2D eigenvalue weighted by Crippen LogP contribution is 2.27. The summed E-state index contributed by atoms with van der Waals surface area (Å²) in [6, 6.07) is 2.03. The molecule has 2 N–H and O–H groups in total. The van der Waals surface area contributed by atoms with E-state index in [1.54, 1.807) is 6.92 Å². The predicted molar refractivity (Wildman–Crippen MR) is 55.8 cm³/mol. The SMILES string of the molecule is CCNC(=O)Nc1ccc(OC(F)(F)F)c(F)c1. The molecule has 2 amide bonds. The van der Waals surface area contributed by atoms with Gasteiger partial charge in [0.1, 0.15) is 0 Å². The molecule has 1 aromatic carbocycles. The maximum Gasteiger partial charge on any atom is 0.573 e. The first-order chi connectivity index (χ1) is 8.31. The van der Waals surface area contributed by atoms with E-state index < -0.39 is 24.0 Å². The van der Waals surface area contributed by atoms with Crippen LogP contribution in [0.2, 0.25) is 0 Å². The number of carbonyl (C=O) groups is 1. The minimum atomic E-state index is -4.96. The molecule has 0 unspecified atom stereocenters. The second-order valence-electron chi connectivity index (χ2n) is 3.18. The second kappa shape index (κ2) is 5.56. The summed E-state index contributed by atoms with van der Waals surface area (Å²) in [5.41, 5.74) is 0.0213. The van der Waals surface area contributed by atoms with Gasteiger partial charge < -0.3 is 15.4 Å². The highest BCUT2D eigenvalue weighted by Gasteiger charge is 2.32. The van der Waals surface area contributed by atoms with E-state index in [4.69, 9.17) is 0 Å². The number of amides is 2. The van der Waals surface area contributed by atoms with Gasteiger partial charge in [0.2, 0.25) is 0 Å². The Kier molecular flexibility index (Phi) is 4.35. The average Bonchev–Trinajstić information content (AvgIpc) is 2.21. The van der Waals surface area contributed by atoms with Gasteiger partial charge >= 0.3 is 12.4 Å². The molecule has 1 aromatic rings. The van der Waals surface area contributed by atoms with Crippen molar-refractivity contribution in [3.05, 3.63) is 24.0 Å². The molecule has 0 heterocycles. The lowest BCUT2D eigenvalue weighted by molar-refractivity contribution is -0.275. The van der Waals surface area contributed by atoms with Gasteiger partial charge in [-0.25, -0.2) is 9.18 Å². The summed E-state index contributed by atoms with van der Waals surface area (Å²) >= 11 is 0. The van der Waals surface area contributed by atoms with E-state index in [-0.39, 0.29) is 5.69 Å². The van der Waals surface area contributed by atoms with Gasteiger partial charge in [0.25, 0.3) is 0 Å². The quantitative estimate of drug-likeness (QED) is 0.826. The third-order valence-corrected chi connectivity index (χ3v) is 1.75. The van der Waals surface area contributed by atoms with E-state index in [2.05, 4.69) is 15.4 Å². The zero-order valence-corrected chi connectivity index (χ0v) is 9.27. The van der Waals surface area contributed by atoms with Crippen LogP contribution in [0.5, 0.6) is 5.75 Å². The van der Waals surface area contributed by atoms with Gasteiger partial charge in [-0.15, -0.1) is 13.2 Å². The van der Waals surface area contributed by atoms with Crippen molar-refractivity contribution in [2.75, 3.05) is 11.9 Å². The molecule has 1 rings (SSSR count). The van der Waals surface area contributed by atoms with Gasteiger partial charge in [-0.3, -0.25) is 0 Å². The number of nitrogens with one attached hydrogen (secondary N) is 2. The van der Waals surface area contributed by atoms with Crippen molar-refractivity contribution in [2.45, 2.75) is 13.3 Å². The molecule has 0 atom stereocenters. The van der Waals surface area contributed by atoms with Gasteiger partial charge in [0, 0.05) is 18.3 Å². The molecule has 0 aliphatic carbocycles. The first-order valence-corrected chi connectivity index (χ1v) is 4.92. The number of halogens is 4. The van der Waals surface area contributed by atoms with Crippen molar-refractivity contribution < 1.29 is 27.1 Å². The lowest BCUT2D eigenvalue weighted by Gasteiger charge is -2.11. The van der Waals surface area contributed by atoms with Crippen LogP contribution in [0.15, 0.2) is 18.2 Å². The molecule has 0 saturated carbocycles. The molecule has 0 spiro atoms. The number of hydrogen-bond donors (Lipinski definition) is 2. The lowest BCUT2D eigenvalue weighted by Crippen LogP contribution is -2.28. The fourth-order valence-electron chi connectivity index (χ4n) is 1.12. The zero-order valence-electron chi connectivity index (χ0n) is 9.27. The van der Waals surface area contributed by atoms with Gasteiger partial charge in [-0.05, 0) is 19.1 Å². The molecule has 0 bridgehead atoms. The van der Waals surface area contributed by atoms with Crippen molar-refractivity contribution in [3.8, 4) is 5.75 Å². The van der Waals surface area contributed by atoms with Crippen molar-refractivity contribution in [3.63, 3.8) is 0 Å². The Labute approximate surface area is 99.9 Å². The van der Waals surface area contributed by atoms with Crippen LogP contribution in [0.3, 0.4) is 0 Å². The minimum Gasteiger partial charge on any atom is -0.403 e. The van der Waals surface area contributed by atoms with Crippen molar-refractivity contribution in [2.24, 2.45) is 0 Å². The Bertz CT molecular complexity index is 434. The summed E-state index contributed by atoms with van der Waals surface area (Å²) in [6.07, 6.45) is -4.96. The van der Waals surface area contributed by atoms with Crippen LogP contribution in [0.4, 0.5) is 28.0 Å². The molecule has 0 fully saturated rings. The second-order valence-corrected chi connectivity index (χ2v) is 3.18. The van der Waals surface area contributed by atoms with E-state index in [0.29, 0.717) is 6.54 Å². The third-order valence-electron chi connectivity index (χ3n) is 1.75. The van der Waals surface area contributed by atoms with Crippen LogP contribution in [-0.2, 0) is 0 Å². The summed E-state index contributed by atoms with van der Waals surface area (Å²) in [6.45, 7) is 2.05. The molecule has 0 aliphatic heterocycles. The number of urea groups is 1. The maximum atomic E-state index is 13.2. The maximum absolute atomic E-state index is 13.2. The van der Waals surface area contributed by atoms with E-state index >= 15 is 0 Å². The van der Waals surface area contributed by atoms with Gasteiger partial charge in [-0.2, -0.15) is 0 Å². The summed E-state index contributed by atoms with van der Waals surface area (Å²) in [5.74, 6) is -2.18. The first-order valence-electron chi connectivity index (χ1n) is 4.92. The largest absolute Gasteiger partial charge is 0.573 e. The molecular weight excluding hydrogens is 256 g/mol. The lowest BCUT2D eigenvalue weighted by atomic mass is 10.3. The smallest absolute Gasteiger partial charge is 0.403 e. The Morgan fingerprint density at radius 1 is 1.39 bits per heavy atom. The number of anilines is 1. The summed E-state index contributed by atoms with van der Waals surface area (Å²) < 4.78 is 52.2. The van der Waals surface area contributed by atoms with E-state index in [1.807, 2.05) is 0 Å². The molecule has 4 nitrogen and oxygen atoms in total. The molecule has 18 heavy (non-hydrogen) atoms. The van der Waals surface area contributed by atoms with Crippen LogP contribution in [0.25, 0.3) is 0 Å². The highest BCUT2D eigenvalue weighted by molar-refractivity contribution is 5.89. The Morgan fingerprint density at radius 2 is 2.06 bits per heavy atom. The van der Waals surface area contributed by atoms with Crippen molar-refractivity contribution in [1.29, 1.82) is 0 Å². The molecule has 0 aromatic heterocycles. The molecule has 0 radical (unpaired) electrons. The summed E-state index contributed by atoms with van der Waals surface area (Å²) in [4.78, 5) is 11.1. The molecule has 100 valence electrons. The molecule has 8 heteroatoms. The first kappa shape index (κ1) is 14.1. The highest BCUT2D eigenvalue weighted by atomic mass is 19.4. The van der Waals surface area contributed by atoms with Crippen LogP contribution in [-0.4, -0.2) is 18.9 Å². The van der Waals surface area contributed by atoms with Crippen molar-refractivity contribution >= 4 is 11.7 Å². The Balaban J connectivity index is 2.76.